The van der Waals surface area contributed by atoms with Crippen LogP contribution in [-0.2, 0) is 16.1 Å². The minimum Gasteiger partial charge on any atom is -0.479 e. The average Bonchev–Trinajstić information content (AvgIpc) is 2.72. The fourth-order valence-corrected chi connectivity index (χ4v) is 3.44. The van der Waals surface area contributed by atoms with Crippen molar-refractivity contribution in [2.24, 2.45) is 0 Å². The molecule has 0 spiro atoms. The second-order valence-electron chi connectivity index (χ2n) is 7.39. The summed E-state index contributed by atoms with van der Waals surface area (Å²) in [6, 6.07) is 17.8. The molecule has 6 nitrogen and oxygen atoms in total. The number of hydrogen-bond donors (Lipinski definition) is 1. The van der Waals surface area contributed by atoms with Gasteiger partial charge in [-0.3, -0.25) is 9.59 Å². The van der Waals surface area contributed by atoms with Gasteiger partial charge in [-0.25, -0.2) is 0 Å². The van der Waals surface area contributed by atoms with Gasteiger partial charge in [-0.1, -0.05) is 42.5 Å². The highest BCUT2D eigenvalue weighted by atomic mass is 16.5. The maximum Gasteiger partial charge on any atom is 0.267 e. The van der Waals surface area contributed by atoms with Crippen molar-refractivity contribution >= 4 is 17.5 Å². The van der Waals surface area contributed by atoms with Gasteiger partial charge in [0.2, 0.25) is 5.91 Å². The first-order valence-corrected chi connectivity index (χ1v) is 10.1. The number of para-hydroxylation sites is 2. The van der Waals surface area contributed by atoms with E-state index in [0.29, 0.717) is 18.8 Å². The van der Waals surface area contributed by atoms with Gasteiger partial charge in [0.25, 0.3) is 5.91 Å². The molecule has 0 saturated carbocycles. The maximum atomic E-state index is 12.4. The summed E-state index contributed by atoms with van der Waals surface area (Å²) >= 11 is 0. The number of anilines is 1. The number of carbonyl (C=O) groups is 2. The largest absolute Gasteiger partial charge is 0.479 e. The SMILES string of the molecule is CC1Oc2ccccc2N(CCC(=O)NCCCN(C)Cc2ccccc2)C1=O. The zero-order chi connectivity index (χ0) is 20.6. The third kappa shape index (κ3) is 5.81. The zero-order valence-corrected chi connectivity index (χ0v) is 17.1. The van der Waals surface area contributed by atoms with E-state index in [0.717, 1.165) is 25.2 Å². The Morgan fingerprint density at radius 3 is 2.66 bits per heavy atom. The smallest absolute Gasteiger partial charge is 0.267 e. The first-order chi connectivity index (χ1) is 14.0. The quantitative estimate of drug-likeness (QED) is 0.664. The highest BCUT2D eigenvalue weighted by molar-refractivity contribution is 6.00. The Kier molecular flexibility index (Phi) is 7.25. The Bertz CT molecular complexity index is 825. The van der Waals surface area contributed by atoms with Crippen molar-refractivity contribution in [1.82, 2.24) is 10.2 Å². The van der Waals surface area contributed by atoms with Crippen LogP contribution in [-0.4, -0.2) is 49.5 Å². The minimum absolute atomic E-state index is 0.0415. The van der Waals surface area contributed by atoms with E-state index in [1.54, 1.807) is 11.8 Å². The zero-order valence-electron chi connectivity index (χ0n) is 17.1. The molecule has 0 aromatic heterocycles. The molecule has 6 heteroatoms. The van der Waals surface area contributed by atoms with Crippen LogP contribution in [0.1, 0.15) is 25.3 Å². The molecule has 1 unspecified atom stereocenters. The van der Waals surface area contributed by atoms with E-state index < -0.39 is 6.10 Å². The number of carbonyl (C=O) groups excluding carboxylic acids is 2. The molecular weight excluding hydrogens is 366 g/mol. The fourth-order valence-electron chi connectivity index (χ4n) is 3.44. The third-order valence-electron chi connectivity index (χ3n) is 4.97. The average molecular weight is 396 g/mol. The summed E-state index contributed by atoms with van der Waals surface area (Å²) in [7, 11) is 2.08. The molecule has 0 saturated heterocycles. The van der Waals surface area contributed by atoms with E-state index >= 15 is 0 Å². The van der Waals surface area contributed by atoms with Crippen molar-refractivity contribution in [2.45, 2.75) is 32.4 Å². The van der Waals surface area contributed by atoms with Crippen molar-refractivity contribution in [3.8, 4) is 5.75 Å². The Balaban J connectivity index is 1.38. The van der Waals surface area contributed by atoms with Crippen LogP contribution < -0.4 is 15.0 Å². The monoisotopic (exact) mass is 395 g/mol. The first-order valence-electron chi connectivity index (χ1n) is 10.1. The van der Waals surface area contributed by atoms with Crippen LogP contribution in [0.4, 0.5) is 5.69 Å². The van der Waals surface area contributed by atoms with Gasteiger partial charge in [0.1, 0.15) is 5.75 Å². The molecule has 0 bridgehead atoms. The summed E-state index contributed by atoms with van der Waals surface area (Å²) < 4.78 is 5.63. The van der Waals surface area contributed by atoms with E-state index in [9.17, 15) is 9.59 Å². The van der Waals surface area contributed by atoms with Gasteiger partial charge in [-0.05, 0) is 44.6 Å². The normalized spacial score (nSPS) is 15.8. The van der Waals surface area contributed by atoms with E-state index in [4.69, 9.17) is 4.74 Å². The summed E-state index contributed by atoms with van der Waals surface area (Å²) in [6.07, 6.45) is 0.617. The molecule has 3 rings (SSSR count). The van der Waals surface area contributed by atoms with E-state index in [1.807, 2.05) is 42.5 Å². The molecule has 0 fully saturated rings. The lowest BCUT2D eigenvalue weighted by molar-refractivity contribution is -0.125. The third-order valence-corrected chi connectivity index (χ3v) is 4.97. The predicted octanol–water partition coefficient (Wildman–Crippen LogP) is 2.83. The Morgan fingerprint density at radius 1 is 1.14 bits per heavy atom. The summed E-state index contributed by atoms with van der Waals surface area (Å²) in [4.78, 5) is 28.6. The molecule has 1 aliphatic heterocycles. The topological polar surface area (TPSA) is 61.9 Å². The van der Waals surface area contributed by atoms with Gasteiger partial charge < -0.3 is 19.9 Å². The van der Waals surface area contributed by atoms with Gasteiger partial charge >= 0.3 is 0 Å². The van der Waals surface area contributed by atoms with Crippen LogP contribution in [0.5, 0.6) is 5.75 Å². The van der Waals surface area contributed by atoms with Gasteiger partial charge in [-0.2, -0.15) is 0 Å². The number of benzene rings is 2. The number of rotatable bonds is 9. The fraction of sp³-hybridized carbons (Fsp3) is 0.391. The molecule has 2 aromatic rings. The first kappa shape index (κ1) is 20.9. The number of hydrogen-bond acceptors (Lipinski definition) is 4. The Labute approximate surface area is 172 Å². The molecule has 2 aromatic carbocycles. The molecule has 0 radical (unpaired) electrons. The molecule has 2 amide bonds. The second-order valence-corrected chi connectivity index (χ2v) is 7.39. The minimum atomic E-state index is -0.534. The van der Waals surface area contributed by atoms with Gasteiger partial charge in [0.05, 0.1) is 5.69 Å². The summed E-state index contributed by atoms with van der Waals surface area (Å²) in [5, 5.41) is 2.96. The van der Waals surface area contributed by atoms with Crippen molar-refractivity contribution < 1.29 is 14.3 Å². The molecule has 154 valence electrons. The maximum absolute atomic E-state index is 12.4. The number of ether oxygens (including phenoxy) is 1. The van der Waals surface area contributed by atoms with E-state index in [-0.39, 0.29) is 18.2 Å². The number of nitrogens with zero attached hydrogens (tertiary/aromatic N) is 2. The lowest BCUT2D eigenvalue weighted by atomic mass is 10.1. The van der Waals surface area contributed by atoms with Gasteiger partial charge in [0.15, 0.2) is 6.10 Å². The van der Waals surface area contributed by atoms with Crippen LogP contribution in [0, 0.1) is 0 Å². The van der Waals surface area contributed by atoms with Crippen LogP contribution in [0.15, 0.2) is 54.6 Å². The molecule has 29 heavy (non-hydrogen) atoms. The van der Waals surface area contributed by atoms with Crippen LogP contribution in [0.2, 0.25) is 0 Å². The molecule has 1 aliphatic rings. The standard InChI is InChI=1S/C23H29N3O3/c1-18-23(28)26(20-11-6-7-12-21(20)29-18)16-13-22(27)24-14-8-15-25(2)17-19-9-4-3-5-10-19/h3-7,9-12,18H,8,13-17H2,1-2H3,(H,24,27). The highest BCUT2D eigenvalue weighted by Crippen LogP contribution is 2.33. The predicted molar refractivity (Wildman–Crippen MR) is 114 cm³/mol. The van der Waals surface area contributed by atoms with Crippen molar-refractivity contribution in [2.75, 3.05) is 31.6 Å². The van der Waals surface area contributed by atoms with E-state index in [2.05, 4.69) is 29.4 Å². The lowest BCUT2D eigenvalue weighted by Gasteiger charge is -2.32. The molecule has 1 atom stereocenters. The Morgan fingerprint density at radius 2 is 1.86 bits per heavy atom. The molecule has 0 aliphatic carbocycles. The van der Waals surface area contributed by atoms with Crippen LogP contribution >= 0.6 is 0 Å². The Hall–Kier alpha value is -2.86. The highest BCUT2D eigenvalue weighted by Gasteiger charge is 2.31. The molecular formula is C23H29N3O3. The van der Waals surface area contributed by atoms with Gasteiger partial charge in [-0.15, -0.1) is 0 Å². The lowest BCUT2D eigenvalue weighted by Crippen LogP contribution is -2.45. The second kappa shape index (κ2) is 10.1. The number of nitrogens with one attached hydrogen (secondary N) is 1. The van der Waals surface area contributed by atoms with Crippen molar-refractivity contribution in [3.63, 3.8) is 0 Å². The molecule has 1 heterocycles. The van der Waals surface area contributed by atoms with Crippen molar-refractivity contribution in [1.29, 1.82) is 0 Å². The summed E-state index contributed by atoms with van der Waals surface area (Å²) in [5.74, 6) is 0.528. The van der Waals surface area contributed by atoms with Gasteiger partial charge in [0, 0.05) is 26.1 Å². The van der Waals surface area contributed by atoms with Crippen molar-refractivity contribution in [3.05, 3.63) is 60.2 Å². The van der Waals surface area contributed by atoms with E-state index in [1.165, 1.54) is 5.56 Å². The number of fused-ring (bicyclic) bond motifs is 1. The van der Waals surface area contributed by atoms with Crippen LogP contribution in [0.25, 0.3) is 0 Å². The summed E-state index contributed by atoms with van der Waals surface area (Å²) in [5.41, 5.74) is 2.01. The van der Waals surface area contributed by atoms with Crippen LogP contribution in [0.3, 0.4) is 0 Å². The molecule has 1 N–H and O–H groups in total. The number of amides is 2. The summed E-state index contributed by atoms with van der Waals surface area (Å²) in [6.45, 7) is 4.51.